The number of rotatable bonds is 5. The zero-order valence-electron chi connectivity index (χ0n) is 11.8. The molecule has 1 aromatic carbocycles. The molecule has 0 aliphatic rings. The van der Waals surface area contributed by atoms with Gasteiger partial charge in [-0.2, -0.15) is 0 Å². The predicted molar refractivity (Wildman–Crippen MR) is 78.5 cm³/mol. The van der Waals surface area contributed by atoms with E-state index in [4.69, 9.17) is 9.47 Å². The molecular formula is C14H22BrNO2. The maximum atomic E-state index is 5.60. The summed E-state index contributed by atoms with van der Waals surface area (Å²) in [6.07, 6.45) is 0. The van der Waals surface area contributed by atoms with Crippen LogP contribution in [0.2, 0.25) is 0 Å². The first-order valence-corrected chi connectivity index (χ1v) is 6.91. The van der Waals surface area contributed by atoms with Gasteiger partial charge in [-0.25, -0.2) is 0 Å². The SMILES string of the molecule is CCOc1cc(CNC(C)(C)C)cc(Br)c1OC. The Bertz CT molecular complexity index is 400. The molecule has 0 aliphatic carbocycles. The normalized spacial score (nSPS) is 11.4. The maximum absolute atomic E-state index is 5.60. The molecule has 0 saturated heterocycles. The van der Waals surface area contributed by atoms with E-state index in [2.05, 4.69) is 48.1 Å². The van der Waals surface area contributed by atoms with Gasteiger partial charge in [0.25, 0.3) is 0 Å². The minimum Gasteiger partial charge on any atom is -0.492 e. The highest BCUT2D eigenvalue weighted by Crippen LogP contribution is 2.36. The third kappa shape index (κ3) is 4.50. The van der Waals surface area contributed by atoms with Gasteiger partial charge in [-0.15, -0.1) is 0 Å². The molecule has 0 heterocycles. The van der Waals surface area contributed by atoms with Gasteiger partial charge in [0, 0.05) is 12.1 Å². The monoisotopic (exact) mass is 315 g/mol. The number of hydrogen-bond acceptors (Lipinski definition) is 3. The maximum Gasteiger partial charge on any atom is 0.174 e. The summed E-state index contributed by atoms with van der Waals surface area (Å²) in [4.78, 5) is 0. The topological polar surface area (TPSA) is 30.5 Å². The summed E-state index contributed by atoms with van der Waals surface area (Å²) in [6.45, 7) is 9.83. The molecule has 1 N–H and O–H groups in total. The summed E-state index contributed by atoms with van der Waals surface area (Å²) in [5.74, 6) is 1.52. The van der Waals surface area contributed by atoms with Gasteiger partial charge < -0.3 is 14.8 Å². The molecule has 0 aliphatic heterocycles. The first kappa shape index (κ1) is 15.3. The van der Waals surface area contributed by atoms with Crippen molar-refractivity contribution in [3.8, 4) is 11.5 Å². The highest BCUT2D eigenvalue weighted by atomic mass is 79.9. The average Bonchev–Trinajstić information content (AvgIpc) is 2.26. The Labute approximate surface area is 118 Å². The lowest BCUT2D eigenvalue weighted by Crippen LogP contribution is -2.35. The number of ether oxygens (including phenoxy) is 2. The third-order valence-corrected chi connectivity index (χ3v) is 2.99. The quantitative estimate of drug-likeness (QED) is 0.897. The van der Waals surface area contributed by atoms with Crippen molar-refractivity contribution in [3.05, 3.63) is 22.2 Å². The standard InChI is InChI=1S/C14H22BrNO2/c1-6-18-12-8-10(9-16-14(2,3)4)7-11(15)13(12)17-5/h7-8,16H,6,9H2,1-5H3. The van der Waals surface area contributed by atoms with Gasteiger partial charge in [0.15, 0.2) is 11.5 Å². The molecule has 18 heavy (non-hydrogen) atoms. The van der Waals surface area contributed by atoms with Crippen molar-refractivity contribution in [2.24, 2.45) is 0 Å². The van der Waals surface area contributed by atoms with Crippen LogP contribution in [0.3, 0.4) is 0 Å². The van der Waals surface area contributed by atoms with E-state index in [9.17, 15) is 0 Å². The Morgan fingerprint density at radius 1 is 1.28 bits per heavy atom. The van der Waals surface area contributed by atoms with Crippen LogP contribution < -0.4 is 14.8 Å². The van der Waals surface area contributed by atoms with Crippen molar-refractivity contribution >= 4 is 15.9 Å². The van der Waals surface area contributed by atoms with Crippen molar-refractivity contribution in [1.82, 2.24) is 5.32 Å². The molecule has 4 heteroatoms. The molecule has 0 amide bonds. The lowest BCUT2D eigenvalue weighted by atomic mass is 10.1. The lowest BCUT2D eigenvalue weighted by molar-refractivity contribution is 0.309. The van der Waals surface area contributed by atoms with Gasteiger partial charge in [0.05, 0.1) is 18.2 Å². The van der Waals surface area contributed by atoms with E-state index in [1.54, 1.807) is 7.11 Å². The van der Waals surface area contributed by atoms with Crippen molar-refractivity contribution in [2.45, 2.75) is 39.8 Å². The molecule has 3 nitrogen and oxygen atoms in total. The lowest BCUT2D eigenvalue weighted by Gasteiger charge is -2.21. The van der Waals surface area contributed by atoms with E-state index >= 15 is 0 Å². The first-order valence-electron chi connectivity index (χ1n) is 6.11. The van der Waals surface area contributed by atoms with Gasteiger partial charge in [0.2, 0.25) is 0 Å². The van der Waals surface area contributed by atoms with Gasteiger partial charge in [-0.05, 0) is 61.3 Å². The fourth-order valence-corrected chi connectivity index (χ4v) is 2.20. The Morgan fingerprint density at radius 3 is 2.44 bits per heavy atom. The molecule has 0 saturated carbocycles. The van der Waals surface area contributed by atoms with Crippen LogP contribution in [0.25, 0.3) is 0 Å². The van der Waals surface area contributed by atoms with Crippen LogP contribution in [0.15, 0.2) is 16.6 Å². The van der Waals surface area contributed by atoms with Crippen LogP contribution in [0.4, 0.5) is 0 Å². The van der Waals surface area contributed by atoms with E-state index < -0.39 is 0 Å². The molecule has 0 fully saturated rings. The van der Waals surface area contributed by atoms with Gasteiger partial charge in [0.1, 0.15) is 0 Å². The van der Waals surface area contributed by atoms with Gasteiger partial charge >= 0.3 is 0 Å². The van der Waals surface area contributed by atoms with Crippen LogP contribution in [0.5, 0.6) is 11.5 Å². The number of halogens is 1. The summed E-state index contributed by atoms with van der Waals surface area (Å²) in [5, 5.41) is 3.45. The van der Waals surface area contributed by atoms with E-state index in [-0.39, 0.29) is 5.54 Å². The molecule has 0 unspecified atom stereocenters. The van der Waals surface area contributed by atoms with Crippen LogP contribution in [0.1, 0.15) is 33.3 Å². The molecular weight excluding hydrogens is 294 g/mol. The minimum absolute atomic E-state index is 0.0954. The van der Waals surface area contributed by atoms with Crippen LogP contribution >= 0.6 is 15.9 Å². The summed E-state index contributed by atoms with van der Waals surface area (Å²) in [5.41, 5.74) is 1.26. The molecule has 0 atom stereocenters. The molecule has 102 valence electrons. The minimum atomic E-state index is 0.0954. The number of nitrogens with one attached hydrogen (secondary N) is 1. The Morgan fingerprint density at radius 2 is 1.94 bits per heavy atom. The zero-order valence-corrected chi connectivity index (χ0v) is 13.3. The number of hydrogen-bond donors (Lipinski definition) is 1. The predicted octanol–water partition coefficient (Wildman–Crippen LogP) is 3.74. The fraction of sp³-hybridized carbons (Fsp3) is 0.571. The summed E-state index contributed by atoms with van der Waals surface area (Å²) in [7, 11) is 1.65. The number of methoxy groups -OCH3 is 1. The summed E-state index contributed by atoms with van der Waals surface area (Å²) < 4.78 is 11.9. The van der Waals surface area contributed by atoms with Crippen LogP contribution in [0, 0.1) is 0 Å². The number of benzene rings is 1. The van der Waals surface area contributed by atoms with Crippen molar-refractivity contribution in [2.75, 3.05) is 13.7 Å². The first-order chi connectivity index (χ1) is 8.37. The van der Waals surface area contributed by atoms with Crippen molar-refractivity contribution < 1.29 is 9.47 Å². The van der Waals surface area contributed by atoms with Gasteiger partial charge in [-0.1, -0.05) is 0 Å². The molecule has 0 spiro atoms. The van der Waals surface area contributed by atoms with E-state index in [0.717, 1.165) is 22.5 Å². The Kier molecular flexibility index (Phi) is 5.47. The second-order valence-corrected chi connectivity index (χ2v) is 6.00. The van der Waals surface area contributed by atoms with Gasteiger partial charge in [-0.3, -0.25) is 0 Å². The molecule has 1 rings (SSSR count). The Hall–Kier alpha value is -0.740. The van der Waals surface area contributed by atoms with Crippen molar-refractivity contribution in [3.63, 3.8) is 0 Å². The van der Waals surface area contributed by atoms with E-state index in [0.29, 0.717) is 6.61 Å². The van der Waals surface area contributed by atoms with Crippen molar-refractivity contribution in [1.29, 1.82) is 0 Å². The molecule has 0 bridgehead atoms. The average molecular weight is 316 g/mol. The molecule has 0 radical (unpaired) electrons. The highest BCUT2D eigenvalue weighted by molar-refractivity contribution is 9.10. The summed E-state index contributed by atoms with van der Waals surface area (Å²) in [6, 6.07) is 4.08. The fourth-order valence-electron chi connectivity index (χ4n) is 1.55. The second kappa shape index (κ2) is 6.43. The summed E-state index contributed by atoms with van der Waals surface area (Å²) >= 11 is 3.52. The van der Waals surface area contributed by atoms with Crippen LogP contribution in [-0.4, -0.2) is 19.3 Å². The van der Waals surface area contributed by atoms with Crippen LogP contribution in [-0.2, 0) is 6.54 Å². The smallest absolute Gasteiger partial charge is 0.174 e. The molecule has 0 aromatic heterocycles. The largest absolute Gasteiger partial charge is 0.492 e. The second-order valence-electron chi connectivity index (χ2n) is 5.15. The Balaban J connectivity index is 2.94. The highest BCUT2D eigenvalue weighted by Gasteiger charge is 2.13. The molecule has 1 aromatic rings. The zero-order chi connectivity index (χ0) is 13.8. The third-order valence-electron chi connectivity index (χ3n) is 2.40. The van der Waals surface area contributed by atoms with E-state index in [1.165, 1.54) is 5.56 Å². The van der Waals surface area contributed by atoms with E-state index in [1.807, 2.05) is 13.0 Å².